The van der Waals surface area contributed by atoms with Crippen molar-refractivity contribution in [1.29, 1.82) is 0 Å². The Balaban J connectivity index is 1.97. The first-order valence-corrected chi connectivity index (χ1v) is 8.01. The molecule has 1 aromatic rings. The zero-order valence-electron chi connectivity index (χ0n) is 14.2. The van der Waals surface area contributed by atoms with Crippen molar-refractivity contribution in [3.05, 3.63) is 40.2 Å². The topological polar surface area (TPSA) is 94.7 Å². The fourth-order valence-corrected chi connectivity index (χ4v) is 3.63. The molecule has 0 saturated carbocycles. The standard InChI is InChI=1S/C17H22N2O5/c1-10(2)23-15-14(20)16(3)7-11(8-17(15,4)24-16)13-6-5-12(9-18-13)19(21)22/h5-6,8-10,14-15,20H,7H2,1-4H3/t14-,15+,16+,17-/m1/s1. The maximum atomic E-state index is 10.8. The summed E-state index contributed by atoms with van der Waals surface area (Å²) >= 11 is 0. The van der Waals surface area contributed by atoms with E-state index >= 15 is 0 Å². The summed E-state index contributed by atoms with van der Waals surface area (Å²) < 4.78 is 12.0. The van der Waals surface area contributed by atoms with Gasteiger partial charge in [-0.15, -0.1) is 0 Å². The first-order valence-electron chi connectivity index (χ1n) is 8.01. The van der Waals surface area contributed by atoms with Gasteiger partial charge in [0.15, 0.2) is 0 Å². The van der Waals surface area contributed by atoms with E-state index in [-0.39, 0.29) is 11.8 Å². The molecule has 0 aromatic carbocycles. The van der Waals surface area contributed by atoms with Crippen LogP contribution in [0.25, 0.3) is 5.57 Å². The molecule has 1 saturated heterocycles. The molecule has 0 unspecified atom stereocenters. The Bertz CT molecular complexity index is 687. The van der Waals surface area contributed by atoms with E-state index in [1.165, 1.54) is 12.3 Å². The molecule has 3 rings (SSSR count). The number of rotatable bonds is 4. The largest absolute Gasteiger partial charge is 0.387 e. The summed E-state index contributed by atoms with van der Waals surface area (Å²) in [5.74, 6) is 0. The zero-order valence-corrected chi connectivity index (χ0v) is 14.2. The van der Waals surface area contributed by atoms with E-state index in [1.54, 1.807) is 6.07 Å². The molecule has 2 aliphatic rings. The monoisotopic (exact) mass is 334 g/mol. The number of pyridine rings is 1. The van der Waals surface area contributed by atoms with Gasteiger partial charge in [0.1, 0.15) is 24.0 Å². The summed E-state index contributed by atoms with van der Waals surface area (Å²) in [7, 11) is 0. The minimum Gasteiger partial charge on any atom is -0.387 e. The van der Waals surface area contributed by atoms with Gasteiger partial charge >= 0.3 is 0 Å². The summed E-state index contributed by atoms with van der Waals surface area (Å²) in [5.41, 5.74) is -0.0428. The number of nitrogens with zero attached hydrogens (tertiary/aromatic N) is 2. The van der Waals surface area contributed by atoms with Crippen molar-refractivity contribution in [1.82, 2.24) is 4.98 Å². The SMILES string of the molecule is CC(C)O[C@H]1[C@@H](O)[C@]2(C)CC(c3ccc([N+](=O)[O-])cn3)=C[C@@]1(C)O2. The molecule has 2 bridgehead atoms. The summed E-state index contributed by atoms with van der Waals surface area (Å²) in [6, 6.07) is 3.07. The molecule has 130 valence electrons. The second kappa shape index (κ2) is 5.61. The predicted molar refractivity (Wildman–Crippen MR) is 87.4 cm³/mol. The van der Waals surface area contributed by atoms with Crippen LogP contribution >= 0.6 is 0 Å². The molecule has 4 atom stereocenters. The van der Waals surface area contributed by atoms with Gasteiger partial charge < -0.3 is 14.6 Å². The van der Waals surface area contributed by atoms with Crippen LogP contribution in [0.5, 0.6) is 0 Å². The molecule has 1 N–H and O–H groups in total. The number of ether oxygens (including phenoxy) is 2. The molecule has 7 heteroatoms. The third-order valence-corrected chi connectivity index (χ3v) is 4.64. The van der Waals surface area contributed by atoms with Crippen LogP contribution in [0.1, 0.15) is 39.8 Å². The van der Waals surface area contributed by atoms with Crippen LogP contribution in [-0.4, -0.2) is 44.5 Å². The summed E-state index contributed by atoms with van der Waals surface area (Å²) in [4.78, 5) is 14.5. The highest BCUT2D eigenvalue weighted by Crippen LogP contribution is 2.50. The van der Waals surface area contributed by atoms with Gasteiger partial charge in [0.25, 0.3) is 5.69 Å². The Morgan fingerprint density at radius 3 is 2.71 bits per heavy atom. The molecule has 7 nitrogen and oxygen atoms in total. The number of aliphatic hydroxyl groups excluding tert-OH is 1. The Hall–Kier alpha value is -1.83. The van der Waals surface area contributed by atoms with Crippen LogP contribution in [0.3, 0.4) is 0 Å². The molecule has 0 aliphatic carbocycles. The molecule has 1 fully saturated rings. The van der Waals surface area contributed by atoms with Crippen molar-refractivity contribution >= 4 is 11.3 Å². The van der Waals surface area contributed by atoms with Gasteiger partial charge in [-0.2, -0.15) is 0 Å². The van der Waals surface area contributed by atoms with Crippen molar-refractivity contribution in [3.63, 3.8) is 0 Å². The normalized spacial score (nSPS) is 35.2. The Kier molecular flexibility index (Phi) is 3.98. The molecule has 1 aromatic heterocycles. The van der Waals surface area contributed by atoms with Gasteiger partial charge in [-0.1, -0.05) is 0 Å². The van der Waals surface area contributed by atoms with Crippen LogP contribution in [-0.2, 0) is 9.47 Å². The number of aromatic nitrogens is 1. The minimum atomic E-state index is -0.776. The third kappa shape index (κ3) is 2.72. The Morgan fingerprint density at radius 1 is 1.46 bits per heavy atom. The highest BCUT2D eigenvalue weighted by atomic mass is 16.6. The van der Waals surface area contributed by atoms with E-state index in [4.69, 9.17) is 9.47 Å². The summed E-state index contributed by atoms with van der Waals surface area (Å²) in [6.07, 6.45) is 2.35. The Labute approximate surface area is 140 Å². The van der Waals surface area contributed by atoms with Gasteiger partial charge in [0.2, 0.25) is 0 Å². The Morgan fingerprint density at radius 2 is 2.17 bits per heavy atom. The van der Waals surface area contributed by atoms with E-state index in [0.717, 1.165) is 5.57 Å². The molecule has 3 heterocycles. The molecular formula is C17H22N2O5. The van der Waals surface area contributed by atoms with Crippen molar-refractivity contribution in [2.24, 2.45) is 0 Å². The fraction of sp³-hybridized carbons (Fsp3) is 0.588. The van der Waals surface area contributed by atoms with Crippen molar-refractivity contribution in [3.8, 4) is 0 Å². The van der Waals surface area contributed by atoms with E-state index in [1.807, 2.05) is 33.8 Å². The number of hydrogen-bond donors (Lipinski definition) is 1. The average Bonchev–Trinajstić information content (AvgIpc) is 2.63. The molecule has 2 aliphatic heterocycles. The van der Waals surface area contributed by atoms with Gasteiger partial charge in [-0.05, 0) is 45.4 Å². The highest BCUT2D eigenvalue weighted by molar-refractivity contribution is 5.67. The quantitative estimate of drug-likeness (QED) is 0.671. The fourth-order valence-electron chi connectivity index (χ4n) is 3.63. The number of hydrogen-bond acceptors (Lipinski definition) is 6. The number of nitro groups is 1. The first kappa shape index (κ1) is 17.0. The number of aliphatic hydroxyl groups is 1. The lowest BCUT2D eigenvalue weighted by Gasteiger charge is -2.35. The van der Waals surface area contributed by atoms with Crippen molar-refractivity contribution in [2.75, 3.05) is 0 Å². The van der Waals surface area contributed by atoms with Gasteiger partial charge in [0.05, 0.1) is 22.3 Å². The molecular weight excluding hydrogens is 312 g/mol. The van der Waals surface area contributed by atoms with Crippen molar-refractivity contribution < 1.29 is 19.5 Å². The average molecular weight is 334 g/mol. The summed E-state index contributed by atoms with van der Waals surface area (Å²) in [6.45, 7) is 7.59. The van der Waals surface area contributed by atoms with E-state index in [0.29, 0.717) is 12.1 Å². The lowest BCUT2D eigenvalue weighted by atomic mass is 9.90. The van der Waals surface area contributed by atoms with Crippen LogP contribution in [0, 0.1) is 10.1 Å². The van der Waals surface area contributed by atoms with Crippen LogP contribution in [0.15, 0.2) is 24.4 Å². The smallest absolute Gasteiger partial charge is 0.287 e. The highest BCUT2D eigenvalue weighted by Gasteiger charge is 2.60. The van der Waals surface area contributed by atoms with Crippen LogP contribution in [0.2, 0.25) is 0 Å². The second-order valence-electron chi connectivity index (χ2n) is 7.15. The second-order valence-corrected chi connectivity index (χ2v) is 7.15. The maximum absolute atomic E-state index is 10.8. The molecule has 0 amide bonds. The third-order valence-electron chi connectivity index (χ3n) is 4.64. The number of fused-ring (bicyclic) bond motifs is 2. The predicted octanol–water partition coefficient (Wildman–Crippen LogP) is 2.48. The van der Waals surface area contributed by atoms with E-state index in [2.05, 4.69) is 4.98 Å². The minimum absolute atomic E-state index is 0.0395. The maximum Gasteiger partial charge on any atom is 0.287 e. The molecule has 0 radical (unpaired) electrons. The van der Waals surface area contributed by atoms with Gasteiger partial charge in [0, 0.05) is 12.5 Å². The van der Waals surface area contributed by atoms with E-state index in [9.17, 15) is 15.2 Å². The first-order chi connectivity index (χ1) is 11.1. The molecule has 24 heavy (non-hydrogen) atoms. The van der Waals surface area contributed by atoms with Gasteiger partial charge in [-0.3, -0.25) is 10.1 Å². The summed E-state index contributed by atoms with van der Waals surface area (Å²) in [5, 5.41) is 21.5. The van der Waals surface area contributed by atoms with Crippen molar-refractivity contribution in [2.45, 2.75) is 63.6 Å². The van der Waals surface area contributed by atoms with Crippen LogP contribution < -0.4 is 0 Å². The van der Waals surface area contributed by atoms with E-state index < -0.39 is 28.3 Å². The molecule has 0 spiro atoms. The lowest BCUT2D eigenvalue weighted by Crippen LogP contribution is -2.43. The zero-order chi connectivity index (χ0) is 17.7. The van der Waals surface area contributed by atoms with Gasteiger partial charge in [-0.25, -0.2) is 4.98 Å². The lowest BCUT2D eigenvalue weighted by molar-refractivity contribution is -0.385. The van der Waals surface area contributed by atoms with Crippen LogP contribution in [0.4, 0.5) is 5.69 Å².